The van der Waals surface area contributed by atoms with E-state index in [2.05, 4.69) is 9.72 Å². The zero-order chi connectivity index (χ0) is 11.3. The van der Waals surface area contributed by atoms with Crippen molar-refractivity contribution < 1.29 is 13.9 Å². The van der Waals surface area contributed by atoms with Crippen molar-refractivity contribution in [1.29, 1.82) is 0 Å². The summed E-state index contributed by atoms with van der Waals surface area (Å²) in [6.45, 7) is 2.01. The normalized spacial score (nSPS) is 10.5. The topological polar surface area (TPSA) is 65.2 Å². The molecule has 0 aliphatic rings. The Morgan fingerprint density at radius 1 is 1.73 bits per heavy atom. The largest absolute Gasteiger partial charge is 0.463 e. The van der Waals surface area contributed by atoms with Gasteiger partial charge in [-0.1, -0.05) is 0 Å². The molecule has 1 aromatic rings. The first-order chi connectivity index (χ1) is 7.13. The number of carbonyl (C=O) groups is 1. The van der Waals surface area contributed by atoms with E-state index in [-0.39, 0.29) is 5.82 Å². The third-order valence-electron chi connectivity index (χ3n) is 1.59. The first kappa shape index (κ1) is 11.2. The molecule has 5 heteroatoms. The molecule has 0 aromatic carbocycles. The van der Waals surface area contributed by atoms with E-state index in [1.54, 1.807) is 6.92 Å². The van der Waals surface area contributed by atoms with Crippen LogP contribution in [0.15, 0.2) is 18.3 Å². The Hall–Kier alpha value is -1.91. The molecule has 0 amide bonds. The second kappa shape index (κ2) is 5.09. The van der Waals surface area contributed by atoms with E-state index >= 15 is 0 Å². The molecule has 0 aliphatic heterocycles. The minimum Gasteiger partial charge on any atom is -0.463 e. The number of rotatable bonds is 3. The summed E-state index contributed by atoms with van der Waals surface area (Å²) in [6, 6.07) is 1.19. The number of halogens is 1. The van der Waals surface area contributed by atoms with Crippen LogP contribution < -0.4 is 5.73 Å². The van der Waals surface area contributed by atoms with Crippen LogP contribution in [0.3, 0.4) is 0 Å². The maximum absolute atomic E-state index is 12.9. The van der Waals surface area contributed by atoms with E-state index in [0.29, 0.717) is 12.2 Å². The van der Waals surface area contributed by atoms with Crippen LogP contribution in [-0.2, 0) is 9.53 Å². The Bertz CT molecular complexity index is 391. The maximum atomic E-state index is 12.9. The number of aromatic nitrogens is 1. The van der Waals surface area contributed by atoms with Crippen molar-refractivity contribution in [3.63, 3.8) is 0 Å². The van der Waals surface area contributed by atoms with Crippen molar-refractivity contribution in [1.82, 2.24) is 4.98 Å². The van der Waals surface area contributed by atoms with Gasteiger partial charge in [-0.3, -0.25) is 0 Å². The number of hydrogen-bond donors (Lipinski definition) is 1. The summed E-state index contributed by atoms with van der Waals surface area (Å²) in [7, 11) is 0. The molecule has 0 unspecified atom stereocenters. The minimum atomic E-state index is -0.610. The highest BCUT2D eigenvalue weighted by Gasteiger charge is 1.99. The summed E-state index contributed by atoms with van der Waals surface area (Å²) in [5.74, 6) is -1.25. The van der Waals surface area contributed by atoms with E-state index in [0.717, 1.165) is 0 Å². The number of ether oxygens (including phenoxy) is 1. The highest BCUT2D eigenvalue weighted by molar-refractivity contribution is 5.86. The molecular weight excluding hydrogens is 199 g/mol. The van der Waals surface area contributed by atoms with Gasteiger partial charge in [-0.2, -0.15) is 0 Å². The fourth-order valence-corrected chi connectivity index (χ4v) is 0.909. The van der Waals surface area contributed by atoms with Crippen LogP contribution in [0.25, 0.3) is 6.08 Å². The van der Waals surface area contributed by atoms with Gasteiger partial charge in [0, 0.05) is 12.3 Å². The second-order valence-corrected chi connectivity index (χ2v) is 2.72. The van der Waals surface area contributed by atoms with Crippen LogP contribution in [-0.4, -0.2) is 17.6 Å². The van der Waals surface area contributed by atoms with Crippen LogP contribution >= 0.6 is 0 Å². The number of pyridine rings is 1. The molecule has 0 spiro atoms. The first-order valence-electron chi connectivity index (χ1n) is 4.39. The summed E-state index contributed by atoms with van der Waals surface area (Å²) >= 11 is 0. The Labute approximate surface area is 86.6 Å². The lowest BCUT2D eigenvalue weighted by molar-refractivity contribution is -0.137. The van der Waals surface area contributed by atoms with Crippen molar-refractivity contribution in [2.24, 2.45) is 0 Å². The average Bonchev–Trinajstić information content (AvgIpc) is 2.20. The molecule has 0 bridgehead atoms. The fourth-order valence-electron chi connectivity index (χ4n) is 0.909. The van der Waals surface area contributed by atoms with E-state index in [4.69, 9.17) is 5.73 Å². The summed E-state index contributed by atoms with van der Waals surface area (Å²) in [5.41, 5.74) is 5.64. The third-order valence-corrected chi connectivity index (χ3v) is 1.59. The van der Waals surface area contributed by atoms with Gasteiger partial charge in [0.2, 0.25) is 0 Å². The average molecular weight is 210 g/mol. The summed E-state index contributed by atoms with van der Waals surface area (Å²) < 4.78 is 17.6. The fraction of sp³-hybridized carbons (Fsp3) is 0.200. The molecule has 1 heterocycles. The Morgan fingerprint density at radius 3 is 3.07 bits per heavy atom. The smallest absolute Gasteiger partial charge is 0.330 e. The molecule has 1 rings (SSSR count). The predicted octanol–water partition coefficient (Wildman–Crippen LogP) is 1.38. The van der Waals surface area contributed by atoms with Crippen molar-refractivity contribution in [2.45, 2.75) is 6.92 Å². The van der Waals surface area contributed by atoms with Crippen molar-refractivity contribution in [2.75, 3.05) is 12.3 Å². The van der Waals surface area contributed by atoms with Gasteiger partial charge in [-0.05, 0) is 24.6 Å². The predicted molar refractivity (Wildman–Crippen MR) is 54.3 cm³/mol. The Morgan fingerprint density at radius 2 is 2.47 bits per heavy atom. The van der Waals surface area contributed by atoms with Crippen LogP contribution in [0.1, 0.15) is 12.5 Å². The Kier molecular flexibility index (Phi) is 3.79. The van der Waals surface area contributed by atoms with E-state index in [9.17, 15) is 9.18 Å². The van der Waals surface area contributed by atoms with E-state index < -0.39 is 11.8 Å². The molecule has 1 aromatic heterocycles. The number of esters is 1. The van der Waals surface area contributed by atoms with Gasteiger partial charge in [0.1, 0.15) is 0 Å². The number of nitrogens with zero attached hydrogens (tertiary/aromatic N) is 1. The van der Waals surface area contributed by atoms with Crippen LogP contribution in [0.4, 0.5) is 10.2 Å². The zero-order valence-corrected chi connectivity index (χ0v) is 8.24. The number of anilines is 1. The second-order valence-electron chi connectivity index (χ2n) is 2.72. The molecule has 0 saturated heterocycles. The molecule has 0 saturated carbocycles. The highest BCUT2D eigenvalue weighted by Crippen LogP contribution is 2.09. The lowest BCUT2D eigenvalue weighted by atomic mass is 10.2. The number of carbonyl (C=O) groups excluding carboxylic acids is 1. The van der Waals surface area contributed by atoms with Crippen LogP contribution in [0, 0.1) is 5.82 Å². The quantitative estimate of drug-likeness (QED) is 0.604. The monoisotopic (exact) mass is 210 g/mol. The molecule has 15 heavy (non-hydrogen) atoms. The van der Waals surface area contributed by atoms with E-state index in [1.165, 1.54) is 24.4 Å². The van der Waals surface area contributed by atoms with E-state index in [1.807, 2.05) is 0 Å². The maximum Gasteiger partial charge on any atom is 0.330 e. The van der Waals surface area contributed by atoms with Crippen molar-refractivity contribution in [3.05, 3.63) is 29.7 Å². The van der Waals surface area contributed by atoms with Gasteiger partial charge in [0.25, 0.3) is 0 Å². The van der Waals surface area contributed by atoms with Gasteiger partial charge < -0.3 is 10.5 Å². The molecule has 0 radical (unpaired) electrons. The van der Waals surface area contributed by atoms with Crippen molar-refractivity contribution >= 4 is 17.9 Å². The van der Waals surface area contributed by atoms with Gasteiger partial charge in [0.15, 0.2) is 11.6 Å². The summed E-state index contributed by atoms with van der Waals surface area (Å²) in [4.78, 5) is 14.5. The van der Waals surface area contributed by atoms with Gasteiger partial charge >= 0.3 is 5.97 Å². The SMILES string of the molecule is CCOC(=O)C=Cc1cnc(N)c(F)c1. The number of hydrogen-bond acceptors (Lipinski definition) is 4. The zero-order valence-electron chi connectivity index (χ0n) is 8.24. The Balaban J connectivity index is 2.72. The standard InChI is InChI=1S/C10H11FN2O2/c1-2-15-9(14)4-3-7-5-8(11)10(12)13-6-7/h3-6H,2H2,1H3,(H2,12,13). The lowest BCUT2D eigenvalue weighted by Gasteiger charge is -1.97. The summed E-state index contributed by atoms with van der Waals surface area (Å²) in [6.07, 6.45) is 3.98. The lowest BCUT2D eigenvalue weighted by Crippen LogP contribution is -1.99. The molecule has 0 aliphatic carbocycles. The molecular formula is C10H11FN2O2. The third kappa shape index (κ3) is 3.38. The minimum absolute atomic E-state index is 0.164. The molecule has 0 atom stereocenters. The highest BCUT2D eigenvalue weighted by atomic mass is 19.1. The molecule has 0 fully saturated rings. The number of nitrogen functional groups attached to an aromatic ring is 1. The van der Waals surface area contributed by atoms with Gasteiger partial charge in [0.05, 0.1) is 6.61 Å². The molecule has 2 N–H and O–H groups in total. The van der Waals surface area contributed by atoms with Gasteiger partial charge in [-0.15, -0.1) is 0 Å². The number of nitrogens with two attached hydrogens (primary N) is 1. The van der Waals surface area contributed by atoms with Crippen molar-refractivity contribution in [3.8, 4) is 0 Å². The van der Waals surface area contributed by atoms with Crippen LogP contribution in [0.2, 0.25) is 0 Å². The van der Waals surface area contributed by atoms with Crippen LogP contribution in [0.5, 0.6) is 0 Å². The summed E-state index contributed by atoms with van der Waals surface area (Å²) in [5, 5.41) is 0. The molecule has 4 nitrogen and oxygen atoms in total. The molecule has 80 valence electrons. The first-order valence-corrected chi connectivity index (χ1v) is 4.39. The van der Waals surface area contributed by atoms with Gasteiger partial charge in [-0.25, -0.2) is 14.2 Å².